The molecule has 4 nitrogen and oxygen atoms in total. The van der Waals surface area contributed by atoms with Crippen molar-refractivity contribution >= 4 is 11.6 Å². The number of phenolic OH excluding ortho intramolecular Hbond substituents is 1. The van der Waals surface area contributed by atoms with Crippen molar-refractivity contribution in [1.29, 1.82) is 0 Å². The molecule has 0 aliphatic carbocycles. The SMILES string of the molecule is Cc1ncccc1C(=O)Nc1ccc(O)c(F)c1. The Bertz CT molecular complexity index is 599. The van der Waals surface area contributed by atoms with Crippen LogP contribution in [0.3, 0.4) is 0 Å². The highest BCUT2D eigenvalue weighted by Crippen LogP contribution is 2.20. The van der Waals surface area contributed by atoms with Crippen LogP contribution in [0.1, 0.15) is 16.1 Å². The number of rotatable bonds is 2. The molecule has 0 saturated heterocycles. The zero-order valence-electron chi connectivity index (χ0n) is 9.64. The first-order valence-electron chi connectivity index (χ1n) is 5.29. The minimum Gasteiger partial charge on any atom is -0.505 e. The number of halogens is 1. The number of carbonyl (C=O) groups is 1. The summed E-state index contributed by atoms with van der Waals surface area (Å²) in [5, 5.41) is 11.6. The molecule has 0 aliphatic heterocycles. The summed E-state index contributed by atoms with van der Waals surface area (Å²) in [7, 11) is 0. The summed E-state index contributed by atoms with van der Waals surface area (Å²) < 4.78 is 13.1. The minimum absolute atomic E-state index is 0.276. The van der Waals surface area contributed by atoms with Crippen LogP contribution in [0.25, 0.3) is 0 Å². The van der Waals surface area contributed by atoms with Crippen molar-refractivity contribution < 1.29 is 14.3 Å². The van der Waals surface area contributed by atoms with Crippen LogP contribution in [0, 0.1) is 12.7 Å². The minimum atomic E-state index is -0.782. The molecule has 0 fully saturated rings. The van der Waals surface area contributed by atoms with Crippen molar-refractivity contribution in [2.45, 2.75) is 6.92 Å². The molecule has 92 valence electrons. The van der Waals surface area contributed by atoms with Crippen LogP contribution < -0.4 is 5.32 Å². The number of aromatic nitrogens is 1. The highest BCUT2D eigenvalue weighted by Gasteiger charge is 2.10. The van der Waals surface area contributed by atoms with Crippen LogP contribution in [0.5, 0.6) is 5.75 Å². The number of nitrogens with one attached hydrogen (secondary N) is 1. The summed E-state index contributed by atoms with van der Waals surface area (Å²) in [6.45, 7) is 1.71. The standard InChI is InChI=1S/C13H11FN2O2/c1-8-10(3-2-6-15-8)13(18)16-9-4-5-12(17)11(14)7-9/h2-7,17H,1H3,(H,16,18). The molecule has 1 aromatic carbocycles. The molecule has 0 atom stereocenters. The van der Waals surface area contributed by atoms with E-state index in [1.54, 1.807) is 25.3 Å². The van der Waals surface area contributed by atoms with Crippen molar-refractivity contribution in [1.82, 2.24) is 4.98 Å². The van der Waals surface area contributed by atoms with Gasteiger partial charge in [-0.2, -0.15) is 0 Å². The summed E-state index contributed by atoms with van der Waals surface area (Å²) in [6.07, 6.45) is 1.59. The van der Waals surface area contributed by atoms with Gasteiger partial charge in [0.2, 0.25) is 0 Å². The van der Waals surface area contributed by atoms with Gasteiger partial charge in [-0.15, -0.1) is 0 Å². The number of carbonyl (C=O) groups excluding carboxylic acids is 1. The predicted molar refractivity (Wildman–Crippen MR) is 65.0 cm³/mol. The average molecular weight is 246 g/mol. The maximum atomic E-state index is 13.1. The third kappa shape index (κ3) is 2.45. The third-order valence-electron chi connectivity index (χ3n) is 2.46. The van der Waals surface area contributed by atoms with E-state index in [2.05, 4.69) is 10.3 Å². The lowest BCUT2D eigenvalue weighted by atomic mass is 10.2. The fourth-order valence-corrected chi connectivity index (χ4v) is 1.51. The molecule has 0 spiro atoms. The van der Waals surface area contributed by atoms with Crippen LogP contribution in [0.4, 0.5) is 10.1 Å². The van der Waals surface area contributed by atoms with Crippen molar-refractivity contribution in [3.8, 4) is 5.75 Å². The van der Waals surface area contributed by atoms with Gasteiger partial charge in [0.05, 0.1) is 5.56 Å². The van der Waals surface area contributed by atoms with E-state index in [9.17, 15) is 9.18 Å². The molecule has 1 aromatic heterocycles. The second-order valence-corrected chi connectivity index (χ2v) is 3.76. The number of amides is 1. The summed E-state index contributed by atoms with van der Waals surface area (Å²) in [5.41, 5.74) is 1.29. The normalized spacial score (nSPS) is 10.1. The lowest BCUT2D eigenvalue weighted by Gasteiger charge is -2.07. The van der Waals surface area contributed by atoms with Gasteiger partial charge in [0, 0.05) is 23.6 Å². The highest BCUT2D eigenvalue weighted by atomic mass is 19.1. The molecular formula is C13H11FN2O2. The van der Waals surface area contributed by atoms with Crippen molar-refractivity contribution in [3.05, 3.63) is 53.6 Å². The summed E-state index contributed by atoms with van der Waals surface area (Å²) in [6, 6.07) is 6.94. The number of hydrogen-bond donors (Lipinski definition) is 2. The predicted octanol–water partition coefficient (Wildman–Crippen LogP) is 2.49. The van der Waals surface area contributed by atoms with E-state index in [-0.39, 0.29) is 11.6 Å². The first kappa shape index (κ1) is 12.0. The number of nitrogens with zero attached hydrogens (tertiary/aromatic N) is 1. The van der Waals surface area contributed by atoms with Crippen LogP contribution in [0.2, 0.25) is 0 Å². The van der Waals surface area contributed by atoms with Gasteiger partial charge in [0.1, 0.15) is 0 Å². The molecule has 2 aromatic rings. The van der Waals surface area contributed by atoms with E-state index in [1.165, 1.54) is 12.1 Å². The Labute approximate surface area is 103 Å². The van der Waals surface area contributed by atoms with Gasteiger partial charge >= 0.3 is 0 Å². The smallest absolute Gasteiger partial charge is 0.257 e. The molecule has 18 heavy (non-hydrogen) atoms. The summed E-state index contributed by atoms with van der Waals surface area (Å²) in [4.78, 5) is 15.9. The number of hydrogen-bond acceptors (Lipinski definition) is 3. The fraction of sp³-hybridized carbons (Fsp3) is 0.0769. The third-order valence-corrected chi connectivity index (χ3v) is 2.46. The molecule has 1 amide bonds. The molecule has 0 bridgehead atoms. The zero-order valence-corrected chi connectivity index (χ0v) is 9.64. The Morgan fingerprint density at radius 1 is 1.39 bits per heavy atom. The fourth-order valence-electron chi connectivity index (χ4n) is 1.51. The number of anilines is 1. The van der Waals surface area contributed by atoms with Gasteiger partial charge in [-0.3, -0.25) is 9.78 Å². The van der Waals surface area contributed by atoms with Gasteiger partial charge in [-0.05, 0) is 31.2 Å². The monoisotopic (exact) mass is 246 g/mol. The quantitative estimate of drug-likeness (QED) is 0.800. The van der Waals surface area contributed by atoms with Crippen LogP contribution in [-0.4, -0.2) is 16.0 Å². The second kappa shape index (κ2) is 4.83. The van der Waals surface area contributed by atoms with E-state index in [0.29, 0.717) is 11.3 Å². The summed E-state index contributed by atoms with van der Waals surface area (Å²) >= 11 is 0. The Morgan fingerprint density at radius 3 is 2.83 bits per heavy atom. The number of benzene rings is 1. The molecule has 0 saturated carbocycles. The maximum absolute atomic E-state index is 13.1. The maximum Gasteiger partial charge on any atom is 0.257 e. The van der Waals surface area contributed by atoms with Crippen molar-refractivity contribution in [3.63, 3.8) is 0 Å². The summed E-state index contributed by atoms with van der Waals surface area (Å²) in [5.74, 6) is -1.60. The molecule has 0 aliphatic rings. The van der Waals surface area contributed by atoms with Crippen LogP contribution >= 0.6 is 0 Å². The topological polar surface area (TPSA) is 62.2 Å². The first-order valence-corrected chi connectivity index (χ1v) is 5.29. The molecule has 0 unspecified atom stereocenters. The Morgan fingerprint density at radius 2 is 2.17 bits per heavy atom. The Hall–Kier alpha value is -2.43. The zero-order chi connectivity index (χ0) is 13.1. The largest absolute Gasteiger partial charge is 0.505 e. The number of aromatic hydroxyl groups is 1. The Balaban J connectivity index is 2.22. The van der Waals surface area contributed by atoms with E-state index in [1.807, 2.05) is 0 Å². The highest BCUT2D eigenvalue weighted by molar-refractivity contribution is 6.04. The molecule has 5 heteroatoms. The number of pyridine rings is 1. The molecular weight excluding hydrogens is 235 g/mol. The van der Waals surface area contributed by atoms with Crippen molar-refractivity contribution in [2.75, 3.05) is 5.32 Å². The number of phenols is 1. The van der Waals surface area contributed by atoms with Gasteiger partial charge < -0.3 is 10.4 Å². The second-order valence-electron chi connectivity index (χ2n) is 3.76. The molecule has 0 radical (unpaired) electrons. The van der Waals surface area contributed by atoms with Crippen LogP contribution in [-0.2, 0) is 0 Å². The molecule has 2 rings (SSSR count). The molecule has 2 N–H and O–H groups in total. The van der Waals surface area contributed by atoms with Gasteiger partial charge in [-0.1, -0.05) is 0 Å². The van der Waals surface area contributed by atoms with Crippen molar-refractivity contribution in [2.24, 2.45) is 0 Å². The van der Waals surface area contributed by atoms with Crippen LogP contribution in [0.15, 0.2) is 36.5 Å². The van der Waals surface area contributed by atoms with Gasteiger partial charge in [-0.25, -0.2) is 4.39 Å². The number of aryl methyl sites for hydroxylation is 1. The van der Waals surface area contributed by atoms with E-state index < -0.39 is 11.6 Å². The lowest BCUT2D eigenvalue weighted by molar-refractivity contribution is 0.102. The van der Waals surface area contributed by atoms with E-state index >= 15 is 0 Å². The van der Waals surface area contributed by atoms with E-state index in [0.717, 1.165) is 6.07 Å². The lowest BCUT2D eigenvalue weighted by Crippen LogP contribution is -2.13. The first-order chi connectivity index (χ1) is 8.58. The van der Waals surface area contributed by atoms with Gasteiger partial charge in [0.25, 0.3) is 5.91 Å². The van der Waals surface area contributed by atoms with Gasteiger partial charge in [0.15, 0.2) is 11.6 Å². The Kier molecular flexibility index (Phi) is 3.23. The van der Waals surface area contributed by atoms with E-state index in [4.69, 9.17) is 5.11 Å². The average Bonchev–Trinajstić information content (AvgIpc) is 2.34. The molecule has 1 heterocycles.